The van der Waals surface area contributed by atoms with Crippen LogP contribution in [-0.4, -0.2) is 41.1 Å². The molecule has 0 aromatic heterocycles. The standard InChI is InChI=1S/C15H19NO4/c1-2-20-13-9-4-3-7-11(13)14(17)16-10-6-5-8-12(16)15(18)19/h3-4,7,9,12H,2,5-6,8,10H2,1H3,(H,18,19)/t12-/m1/s1. The number of likely N-dealkylation sites (tertiary alicyclic amines) is 1. The molecule has 5 heteroatoms. The Labute approximate surface area is 118 Å². The van der Waals surface area contributed by atoms with Gasteiger partial charge in [-0.25, -0.2) is 4.79 Å². The molecule has 5 nitrogen and oxygen atoms in total. The van der Waals surface area contributed by atoms with Crippen LogP contribution in [0.1, 0.15) is 36.5 Å². The number of amides is 1. The maximum atomic E-state index is 12.6. The zero-order chi connectivity index (χ0) is 14.5. The van der Waals surface area contributed by atoms with E-state index < -0.39 is 12.0 Å². The molecular weight excluding hydrogens is 258 g/mol. The fourth-order valence-corrected chi connectivity index (χ4v) is 2.51. The van der Waals surface area contributed by atoms with Crippen LogP contribution < -0.4 is 4.74 Å². The van der Waals surface area contributed by atoms with Crippen molar-refractivity contribution in [3.8, 4) is 5.75 Å². The van der Waals surface area contributed by atoms with Crippen molar-refractivity contribution >= 4 is 11.9 Å². The average molecular weight is 277 g/mol. The molecule has 0 spiro atoms. The number of rotatable bonds is 4. The van der Waals surface area contributed by atoms with Crippen LogP contribution in [0.3, 0.4) is 0 Å². The number of para-hydroxylation sites is 1. The highest BCUT2D eigenvalue weighted by atomic mass is 16.5. The third-order valence-corrected chi connectivity index (χ3v) is 3.47. The lowest BCUT2D eigenvalue weighted by Crippen LogP contribution is -2.48. The highest BCUT2D eigenvalue weighted by molar-refractivity contribution is 5.99. The lowest BCUT2D eigenvalue weighted by atomic mass is 10.0. The molecule has 1 aliphatic rings. The molecule has 0 saturated carbocycles. The normalized spacial score (nSPS) is 18.6. The van der Waals surface area contributed by atoms with Crippen LogP contribution >= 0.6 is 0 Å². The average Bonchev–Trinajstić information content (AvgIpc) is 2.47. The van der Waals surface area contributed by atoms with Gasteiger partial charge >= 0.3 is 5.97 Å². The molecule has 20 heavy (non-hydrogen) atoms. The van der Waals surface area contributed by atoms with Crippen molar-refractivity contribution in [2.75, 3.05) is 13.2 Å². The molecule has 0 bridgehead atoms. The van der Waals surface area contributed by atoms with Crippen molar-refractivity contribution in [2.24, 2.45) is 0 Å². The summed E-state index contributed by atoms with van der Waals surface area (Å²) in [7, 11) is 0. The Bertz CT molecular complexity index is 500. The fourth-order valence-electron chi connectivity index (χ4n) is 2.51. The van der Waals surface area contributed by atoms with E-state index in [-0.39, 0.29) is 5.91 Å². The number of piperidine rings is 1. The molecule has 1 aromatic carbocycles. The lowest BCUT2D eigenvalue weighted by Gasteiger charge is -2.33. The molecule has 0 radical (unpaired) electrons. The van der Waals surface area contributed by atoms with Crippen molar-refractivity contribution in [3.05, 3.63) is 29.8 Å². The third-order valence-electron chi connectivity index (χ3n) is 3.47. The summed E-state index contributed by atoms with van der Waals surface area (Å²) >= 11 is 0. The Hall–Kier alpha value is -2.04. The van der Waals surface area contributed by atoms with E-state index in [1.165, 1.54) is 4.90 Å². The van der Waals surface area contributed by atoms with E-state index in [1.54, 1.807) is 24.3 Å². The van der Waals surface area contributed by atoms with Gasteiger partial charge in [-0.3, -0.25) is 4.79 Å². The summed E-state index contributed by atoms with van der Waals surface area (Å²) in [5.41, 5.74) is 0.433. The number of hydrogen-bond donors (Lipinski definition) is 1. The van der Waals surface area contributed by atoms with E-state index >= 15 is 0 Å². The van der Waals surface area contributed by atoms with Crippen LogP contribution in [0.5, 0.6) is 5.75 Å². The molecular formula is C15H19NO4. The first-order chi connectivity index (χ1) is 9.65. The summed E-state index contributed by atoms with van der Waals surface area (Å²) in [6, 6.07) is 6.24. The summed E-state index contributed by atoms with van der Waals surface area (Å²) in [5.74, 6) is -0.692. The Morgan fingerprint density at radius 3 is 2.80 bits per heavy atom. The summed E-state index contributed by atoms with van der Waals surface area (Å²) < 4.78 is 5.45. The predicted octanol–water partition coefficient (Wildman–Crippen LogP) is 2.16. The highest BCUT2D eigenvalue weighted by Crippen LogP contribution is 2.24. The van der Waals surface area contributed by atoms with Crippen LogP contribution in [-0.2, 0) is 4.79 Å². The second kappa shape index (κ2) is 6.41. The van der Waals surface area contributed by atoms with Crippen molar-refractivity contribution in [2.45, 2.75) is 32.2 Å². The molecule has 0 unspecified atom stereocenters. The van der Waals surface area contributed by atoms with Gasteiger partial charge < -0.3 is 14.7 Å². The van der Waals surface area contributed by atoms with Crippen LogP contribution in [0.25, 0.3) is 0 Å². The van der Waals surface area contributed by atoms with Gasteiger partial charge in [0, 0.05) is 6.54 Å². The van der Waals surface area contributed by atoms with Crippen LogP contribution in [0.2, 0.25) is 0 Å². The predicted molar refractivity (Wildman–Crippen MR) is 73.9 cm³/mol. The van der Waals surface area contributed by atoms with E-state index in [0.717, 1.165) is 12.8 Å². The van der Waals surface area contributed by atoms with E-state index in [4.69, 9.17) is 4.74 Å². The quantitative estimate of drug-likeness (QED) is 0.916. The Balaban J connectivity index is 2.27. The fraction of sp³-hybridized carbons (Fsp3) is 0.467. The summed E-state index contributed by atoms with van der Waals surface area (Å²) in [6.07, 6.45) is 2.19. The minimum Gasteiger partial charge on any atom is -0.493 e. The second-order valence-electron chi connectivity index (χ2n) is 4.78. The number of ether oxygens (including phenoxy) is 1. The SMILES string of the molecule is CCOc1ccccc1C(=O)N1CCCC[C@@H]1C(=O)O. The van der Waals surface area contributed by atoms with Crippen molar-refractivity contribution < 1.29 is 19.4 Å². The van der Waals surface area contributed by atoms with Gasteiger partial charge in [0.05, 0.1) is 12.2 Å². The van der Waals surface area contributed by atoms with Crippen molar-refractivity contribution in [3.63, 3.8) is 0 Å². The van der Waals surface area contributed by atoms with Crippen LogP contribution in [0.15, 0.2) is 24.3 Å². The second-order valence-corrected chi connectivity index (χ2v) is 4.78. The molecule has 1 aromatic rings. The minimum absolute atomic E-state index is 0.263. The number of carboxylic acid groups (broad SMARTS) is 1. The summed E-state index contributed by atoms with van der Waals surface area (Å²) in [6.45, 7) is 2.80. The lowest BCUT2D eigenvalue weighted by molar-refractivity contribution is -0.143. The zero-order valence-corrected chi connectivity index (χ0v) is 11.5. The minimum atomic E-state index is -0.938. The van der Waals surface area contributed by atoms with E-state index in [0.29, 0.717) is 30.9 Å². The number of carboxylic acids is 1. The summed E-state index contributed by atoms with van der Waals surface area (Å²) in [4.78, 5) is 25.3. The van der Waals surface area contributed by atoms with Gasteiger partial charge in [0.15, 0.2) is 0 Å². The maximum Gasteiger partial charge on any atom is 0.326 e. The molecule has 1 fully saturated rings. The molecule has 1 aliphatic heterocycles. The Morgan fingerprint density at radius 1 is 1.35 bits per heavy atom. The van der Waals surface area contributed by atoms with Crippen LogP contribution in [0.4, 0.5) is 0 Å². The van der Waals surface area contributed by atoms with Gasteiger partial charge in [0.1, 0.15) is 11.8 Å². The molecule has 108 valence electrons. The van der Waals surface area contributed by atoms with Gasteiger partial charge in [-0.05, 0) is 38.3 Å². The number of carbonyl (C=O) groups is 2. The van der Waals surface area contributed by atoms with Gasteiger partial charge in [-0.1, -0.05) is 12.1 Å². The third kappa shape index (κ3) is 2.92. The first-order valence-electron chi connectivity index (χ1n) is 6.90. The van der Waals surface area contributed by atoms with Gasteiger partial charge in [-0.15, -0.1) is 0 Å². The summed E-state index contributed by atoms with van der Waals surface area (Å²) in [5, 5.41) is 9.25. The number of carbonyl (C=O) groups excluding carboxylic acids is 1. The number of hydrogen-bond acceptors (Lipinski definition) is 3. The highest BCUT2D eigenvalue weighted by Gasteiger charge is 2.33. The number of benzene rings is 1. The number of aliphatic carboxylic acids is 1. The molecule has 1 amide bonds. The monoisotopic (exact) mass is 277 g/mol. The largest absolute Gasteiger partial charge is 0.493 e. The number of nitrogens with zero attached hydrogens (tertiary/aromatic N) is 1. The zero-order valence-electron chi connectivity index (χ0n) is 11.5. The molecule has 1 N–H and O–H groups in total. The first kappa shape index (κ1) is 14.4. The Kier molecular flexibility index (Phi) is 4.61. The van der Waals surface area contributed by atoms with Crippen molar-refractivity contribution in [1.82, 2.24) is 4.90 Å². The molecule has 1 saturated heterocycles. The topological polar surface area (TPSA) is 66.8 Å². The van der Waals surface area contributed by atoms with Gasteiger partial charge in [-0.2, -0.15) is 0 Å². The molecule has 1 atom stereocenters. The maximum absolute atomic E-state index is 12.6. The first-order valence-corrected chi connectivity index (χ1v) is 6.90. The van der Waals surface area contributed by atoms with E-state index in [9.17, 15) is 14.7 Å². The Morgan fingerprint density at radius 2 is 2.10 bits per heavy atom. The van der Waals surface area contributed by atoms with E-state index in [2.05, 4.69) is 0 Å². The van der Waals surface area contributed by atoms with Crippen LogP contribution in [0, 0.1) is 0 Å². The molecule has 1 heterocycles. The smallest absolute Gasteiger partial charge is 0.326 e. The van der Waals surface area contributed by atoms with Gasteiger partial charge in [0.25, 0.3) is 5.91 Å². The molecule has 2 rings (SSSR count). The molecule has 0 aliphatic carbocycles. The van der Waals surface area contributed by atoms with E-state index in [1.807, 2.05) is 6.92 Å². The van der Waals surface area contributed by atoms with Gasteiger partial charge in [0.2, 0.25) is 0 Å². The van der Waals surface area contributed by atoms with Crippen molar-refractivity contribution in [1.29, 1.82) is 0 Å².